The molecule has 4 heteroatoms. The third-order valence-corrected chi connectivity index (χ3v) is 2.37. The highest BCUT2D eigenvalue weighted by atomic mass is 16.2. The Bertz CT molecular complexity index is 186. The molecule has 2 unspecified atom stereocenters. The molecule has 0 radical (unpaired) electrons. The largest absolute Gasteiger partial charge is 0.355 e. The summed E-state index contributed by atoms with van der Waals surface area (Å²) in [4.78, 5) is 13.6. The van der Waals surface area contributed by atoms with Crippen molar-refractivity contribution in [1.29, 1.82) is 0 Å². The molecule has 0 bridgehead atoms. The van der Waals surface area contributed by atoms with Gasteiger partial charge in [-0.2, -0.15) is 0 Å². The molecule has 1 aliphatic heterocycles. The highest BCUT2D eigenvalue weighted by Gasteiger charge is 2.21. The van der Waals surface area contributed by atoms with E-state index in [0.29, 0.717) is 18.6 Å². The van der Waals surface area contributed by atoms with Crippen molar-refractivity contribution in [3.8, 4) is 0 Å². The van der Waals surface area contributed by atoms with Gasteiger partial charge in [-0.1, -0.05) is 0 Å². The Morgan fingerprint density at radius 3 is 2.50 bits per heavy atom. The van der Waals surface area contributed by atoms with Crippen LogP contribution in [0.4, 0.5) is 0 Å². The molecule has 0 saturated carbocycles. The van der Waals surface area contributed by atoms with Gasteiger partial charge in [-0.3, -0.25) is 9.69 Å². The van der Waals surface area contributed by atoms with Gasteiger partial charge in [0.25, 0.3) is 0 Å². The standard InChI is InChI=1S/C10H21N3O/c1-4-11-10(14)7-13-5-8(2)12-9(3)6-13/h8-9,12H,4-7H2,1-3H3,(H,11,14). The zero-order valence-corrected chi connectivity index (χ0v) is 9.34. The summed E-state index contributed by atoms with van der Waals surface area (Å²) in [6, 6.07) is 0.960. The maximum absolute atomic E-state index is 11.4. The summed E-state index contributed by atoms with van der Waals surface area (Å²) >= 11 is 0. The monoisotopic (exact) mass is 199 g/mol. The Morgan fingerprint density at radius 1 is 1.43 bits per heavy atom. The molecule has 0 aromatic carbocycles. The average molecular weight is 199 g/mol. The molecule has 0 spiro atoms. The molecule has 2 N–H and O–H groups in total. The number of nitrogens with one attached hydrogen (secondary N) is 2. The highest BCUT2D eigenvalue weighted by Crippen LogP contribution is 2.02. The van der Waals surface area contributed by atoms with Gasteiger partial charge in [-0.05, 0) is 20.8 Å². The summed E-state index contributed by atoms with van der Waals surface area (Å²) in [7, 11) is 0. The molecule has 1 saturated heterocycles. The molecule has 0 aromatic rings. The van der Waals surface area contributed by atoms with E-state index in [9.17, 15) is 4.79 Å². The van der Waals surface area contributed by atoms with E-state index in [2.05, 4.69) is 29.4 Å². The van der Waals surface area contributed by atoms with Crippen LogP contribution in [0.25, 0.3) is 0 Å². The number of amides is 1. The van der Waals surface area contributed by atoms with E-state index in [-0.39, 0.29) is 5.91 Å². The van der Waals surface area contributed by atoms with Crippen LogP contribution in [0.1, 0.15) is 20.8 Å². The van der Waals surface area contributed by atoms with Gasteiger partial charge >= 0.3 is 0 Å². The minimum Gasteiger partial charge on any atom is -0.355 e. The molecule has 0 aliphatic carbocycles. The average Bonchev–Trinajstić information content (AvgIpc) is 2.01. The molecule has 2 atom stereocenters. The van der Waals surface area contributed by atoms with E-state index in [0.717, 1.165) is 19.6 Å². The Kier molecular flexibility index (Phi) is 4.35. The Hall–Kier alpha value is -0.610. The van der Waals surface area contributed by atoms with Crippen molar-refractivity contribution in [3.05, 3.63) is 0 Å². The number of piperazine rings is 1. The Morgan fingerprint density at radius 2 is 2.00 bits per heavy atom. The molecule has 82 valence electrons. The number of rotatable bonds is 3. The minimum atomic E-state index is 0.133. The first-order valence-corrected chi connectivity index (χ1v) is 5.37. The van der Waals surface area contributed by atoms with Crippen LogP contribution in [-0.4, -0.2) is 49.1 Å². The van der Waals surface area contributed by atoms with Crippen molar-refractivity contribution in [2.24, 2.45) is 0 Å². The Labute approximate surface area is 86.0 Å². The van der Waals surface area contributed by atoms with E-state index < -0.39 is 0 Å². The van der Waals surface area contributed by atoms with E-state index >= 15 is 0 Å². The first-order chi connectivity index (χ1) is 6.61. The molecule has 4 nitrogen and oxygen atoms in total. The molecule has 1 heterocycles. The molecule has 14 heavy (non-hydrogen) atoms. The smallest absolute Gasteiger partial charge is 0.234 e. The van der Waals surface area contributed by atoms with Crippen LogP contribution in [0, 0.1) is 0 Å². The number of hydrogen-bond donors (Lipinski definition) is 2. The van der Waals surface area contributed by atoms with Crippen molar-refractivity contribution in [2.45, 2.75) is 32.9 Å². The first kappa shape index (κ1) is 11.5. The number of hydrogen-bond acceptors (Lipinski definition) is 3. The number of nitrogens with zero attached hydrogens (tertiary/aromatic N) is 1. The Balaban J connectivity index is 2.33. The summed E-state index contributed by atoms with van der Waals surface area (Å²) < 4.78 is 0. The summed E-state index contributed by atoms with van der Waals surface area (Å²) in [6.07, 6.45) is 0. The van der Waals surface area contributed by atoms with Crippen molar-refractivity contribution in [1.82, 2.24) is 15.5 Å². The SMILES string of the molecule is CCNC(=O)CN1CC(C)NC(C)C1. The first-order valence-electron chi connectivity index (χ1n) is 5.37. The predicted octanol–water partition coefficient (Wildman–Crippen LogP) is -0.195. The van der Waals surface area contributed by atoms with Crippen LogP contribution < -0.4 is 10.6 Å². The van der Waals surface area contributed by atoms with Gasteiger partial charge < -0.3 is 10.6 Å². The van der Waals surface area contributed by atoms with Crippen molar-refractivity contribution < 1.29 is 4.79 Å². The second kappa shape index (κ2) is 5.32. The predicted molar refractivity (Wildman–Crippen MR) is 57.2 cm³/mol. The molecule has 0 aromatic heterocycles. The van der Waals surface area contributed by atoms with Crippen LogP contribution in [0.15, 0.2) is 0 Å². The normalized spacial score (nSPS) is 28.8. The van der Waals surface area contributed by atoms with E-state index in [1.807, 2.05) is 6.92 Å². The lowest BCUT2D eigenvalue weighted by atomic mass is 10.1. The number of likely N-dealkylation sites (N-methyl/N-ethyl adjacent to an activating group) is 1. The van der Waals surface area contributed by atoms with Crippen molar-refractivity contribution >= 4 is 5.91 Å². The number of carbonyl (C=O) groups excluding carboxylic acids is 1. The van der Waals surface area contributed by atoms with Gasteiger partial charge in [-0.15, -0.1) is 0 Å². The highest BCUT2D eigenvalue weighted by molar-refractivity contribution is 5.77. The molecular weight excluding hydrogens is 178 g/mol. The fourth-order valence-corrected chi connectivity index (χ4v) is 2.03. The zero-order valence-electron chi connectivity index (χ0n) is 9.34. The second-order valence-electron chi connectivity index (χ2n) is 4.12. The molecular formula is C10H21N3O. The maximum atomic E-state index is 11.4. The molecule has 1 aliphatic rings. The zero-order chi connectivity index (χ0) is 10.6. The van der Waals surface area contributed by atoms with Gasteiger partial charge in [0.1, 0.15) is 0 Å². The van der Waals surface area contributed by atoms with Gasteiger partial charge in [-0.25, -0.2) is 0 Å². The third-order valence-electron chi connectivity index (χ3n) is 2.37. The van der Waals surface area contributed by atoms with Crippen molar-refractivity contribution in [2.75, 3.05) is 26.2 Å². The summed E-state index contributed by atoms with van der Waals surface area (Å²) in [5, 5.41) is 6.26. The maximum Gasteiger partial charge on any atom is 0.234 e. The van der Waals surface area contributed by atoms with Crippen LogP contribution in [0.5, 0.6) is 0 Å². The lowest BCUT2D eigenvalue weighted by Gasteiger charge is -2.35. The molecule has 1 rings (SSSR count). The fraction of sp³-hybridized carbons (Fsp3) is 0.900. The lowest BCUT2D eigenvalue weighted by Crippen LogP contribution is -2.56. The topological polar surface area (TPSA) is 44.4 Å². The summed E-state index contributed by atoms with van der Waals surface area (Å²) in [5.41, 5.74) is 0. The number of carbonyl (C=O) groups is 1. The van der Waals surface area contributed by atoms with E-state index in [1.165, 1.54) is 0 Å². The van der Waals surface area contributed by atoms with E-state index in [4.69, 9.17) is 0 Å². The molecule has 1 amide bonds. The quantitative estimate of drug-likeness (QED) is 0.662. The van der Waals surface area contributed by atoms with Crippen LogP contribution in [0.2, 0.25) is 0 Å². The van der Waals surface area contributed by atoms with Gasteiger partial charge in [0.15, 0.2) is 0 Å². The summed E-state index contributed by atoms with van der Waals surface area (Å²) in [6.45, 7) is 9.42. The molecule has 1 fully saturated rings. The van der Waals surface area contributed by atoms with Gasteiger partial charge in [0.2, 0.25) is 5.91 Å². The second-order valence-corrected chi connectivity index (χ2v) is 4.12. The fourth-order valence-electron chi connectivity index (χ4n) is 2.03. The lowest BCUT2D eigenvalue weighted by molar-refractivity contribution is -0.122. The van der Waals surface area contributed by atoms with Gasteiger partial charge in [0.05, 0.1) is 6.54 Å². The summed E-state index contributed by atoms with van der Waals surface area (Å²) in [5.74, 6) is 0.133. The third kappa shape index (κ3) is 3.64. The van der Waals surface area contributed by atoms with Crippen LogP contribution in [-0.2, 0) is 4.79 Å². The van der Waals surface area contributed by atoms with E-state index in [1.54, 1.807) is 0 Å². The van der Waals surface area contributed by atoms with Crippen LogP contribution in [0.3, 0.4) is 0 Å². The van der Waals surface area contributed by atoms with Crippen molar-refractivity contribution in [3.63, 3.8) is 0 Å². The minimum absolute atomic E-state index is 0.133. The van der Waals surface area contributed by atoms with Gasteiger partial charge in [0, 0.05) is 31.7 Å². The van der Waals surface area contributed by atoms with Crippen LogP contribution >= 0.6 is 0 Å².